The van der Waals surface area contributed by atoms with E-state index in [1.54, 1.807) is 0 Å². The van der Waals surface area contributed by atoms with Crippen LogP contribution >= 0.6 is 0 Å². The van der Waals surface area contributed by atoms with Gasteiger partial charge < -0.3 is 20.8 Å². The molecule has 0 heterocycles. The molecule has 1 radical (unpaired) electrons. The maximum Gasteiger partial charge on any atom is 0 e. The Morgan fingerprint density at radius 3 is 0.824 bits per heavy atom. The summed E-state index contributed by atoms with van der Waals surface area (Å²) in [4.78, 5) is 0. The molecule has 0 bridgehead atoms. The normalized spacial score (nSPS) is 7.41. The molecule has 0 aromatic heterocycles. The van der Waals surface area contributed by atoms with Crippen molar-refractivity contribution in [2.24, 2.45) is 0 Å². The van der Waals surface area contributed by atoms with Crippen molar-refractivity contribution in [3.8, 4) is 0 Å². The Kier molecular flexibility index (Phi) is 78.8. The Hall–Kier alpha value is 0.424. The molecular weight excluding hydrogens is 259 g/mol. The fraction of sp³-hybridized carbons (Fsp3) is 0.750. The summed E-state index contributed by atoms with van der Waals surface area (Å²) in [5, 5.41) is 23.8. The zero-order valence-corrected chi connectivity index (χ0v) is 12.7. The van der Waals surface area contributed by atoms with Crippen LogP contribution in [0.25, 0.3) is 0 Å². The van der Waals surface area contributed by atoms with Crippen molar-refractivity contribution in [3.05, 3.63) is 19.8 Å². The molecule has 17 heavy (non-hydrogen) atoms. The van der Waals surface area contributed by atoms with Crippen LogP contribution in [0.4, 0.5) is 0 Å². The Labute approximate surface area is 119 Å². The molecule has 109 valence electrons. The summed E-state index contributed by atoms with van der Waals surface area (Å²) in [6.45, 7) is 9.60. The van der Waals surface area contributed by atoms with Crippen LogP contribution in [0.5, 0.6) is 0 Å². The Morgan fingerprint density at radius 2 is 0.824 bits per heavy atom. The van der Waals surface area contributed by atoms with Gasteiger partial charge in [0, 0.05) is 18.6 Å². The molecule has 0 spiro atoms. The van der Waals surface area contributed by atoms with Gasteiger partial charge in [-0.15, -0.1) is 0 Å². The molecule has 0 amide bonds. The van der Waals surface area contributed by atoms with Crippen LogP contribution in [0.1, 0.15) is 59.3 Å². The van der Waals surface area contributed by atoms with E-state index >= 15 is 0 Å². The molecule has 0 fully saturated rings. The quantitative estimate of drug-likeness (QED) is 0.655. The van der Waals surface area contributed by atoms with E-state index < -0.39 is 0 Å². The summed E-state index contributed by atoms with van der Waals surface area (Å²) >= 11 is 0. The van der Waals surface area contributed by atoms with Gasteiger partial charge in [0.15, 0.2) is 0 Å². The van der Waals surface area contributed by atoms with Crippen molar-refractivity contribution in [3.63, 3.8) is 0 Å². The number of rotatable bonds is 6. The molecule has 0 rings (SSSR count). The van der Waals surface area contributed by atoms with E-state index in [4.69, 9.17) is 15.3 Å². The molecule has 0 aromatic carbocycles. The van der Waals surface area contributed by atoms with E-state index in [2.05, 4.69) is 0 Å². The molecule has 0 saturated carbocycles. The average Bonchev–Trinajstić information content (AvgIpc) is 2.23. The van der Waals surface area contributed by atoms with Gasteiger partial charge in [-0.2, -0.15) is 19.3 Å². The van der Waals surface area contributed by atoms with Crippen LogP contribution in [0.15, 0.2) is 0 Å². The van der Waals surface area contributed by atoms with E-state index in [9.17, 15) is 0 Å². The second-order valence-electron chi connectivity index (χ2n) is 2.91. The van der Waals surface area contributed by atoms with Crippen LogP contribution in [-0.2, 0) is 18.6 Å². The van der Waals surface area contributed by atoms with Gasteiger partial charge in [-0.05, 0) is 0 Å². The Morgan fingerprint density at radius 1 is 0.647 bits per heavy atom. The summed E-state index contributed by atoms with van der Waals surface area (Å²) < 4.78 is 0. The van der Waals surface area contributed by atoms with Gasteiger partial charge in [-0.25, -0.2) is 19.8 Å². The van der Waals surface area contributed by atoms with Crippen molar-refractivity contribution < 1.29 is 39.4 Å². The third-order valence-electron chi connectivity index (χ3n) is 1.25. The largest absolute Gasteiger partial charge is 0.566 e. The first-order chi connectivity index (χ1) is 7.24. The fourth-order valence-electron chi connectivity index (χ4n) is 0.387. The summed E-state index contributed by atoms with van der Waals surface area (Å²) in [7, 11) is 0. The molecule has 4 nitrogen and oxygen atoms in total. The van der Waals surface area contributed by atoms with Crippen LogP contribution < -0.4 is 0 Å². The predicted molar refractivity (Wildman–Crippen MR) is 67.0 cm³/mol. The van der Waals surface area contributed by atoms with E-state index in [0.717, 1.165) is 38.5 Å². The number of aliphatic hydroxyl groups is 3. The fourth-order valence-corrected chi connectivity index (χ4v) is 0.387. The molecule has 0 aliphatic rings. The SMILES string of the molecule is CCC[CH-]O.CCC[CH-]O.CCC[CH-]O.O.[V]. The van der Waals surface area contributed by atoms with E-state index in [1.165, 1.54) is 19.8 Å². The van der Waals surface area contributed by atoms with Gasteiger partial charge in [0.25, 0.3) is 0 Å². The van der Waals surface area contributed by atoms with Crippen molar-refractivity contribution >= 4 is 0 Å². The summed E-state index contributed by atoms with van der Waals surface area (Å²) in [5.41, 5.74) is 0. The molecule has 0 aliphatic heterocycles. The number of unbranched alkanes of at least 4 members (excludes halogenated alkanes) is 3. The van der Waals surface area contributed by atoms with Crippen molar-refractivity contribution in [2.45, 2.75) is 59.3 Å². The van der Waals surface area contributed by atoms with Gasteiger partial charge in [-0.3, -0.25) is 0 Å². The van der Waals surface area contributed by atoms with Gasteiger partial charge in [0.1, 0.15) is 0 Å². The molecular formula is C12H29O4V-3. The number of aliphatic hydroxyl groups excluding tert-OH is 3. The monoisotopic (exact) mass is 288 g/mol. The minimum absolute atomic E-state index is 0. The Bertz CT molecular complexity index is 55.3. The summed E-state index contributed by atoms with van der Waals surface area (Å²) in [6, 6.07) is 0. The van der Waals surface area contributed by atoms with Crippen LogP contribution in [-0.4, -0.2) is 20.8 Å². The molecule has 5 N–H and O–H groups in total. The van der Waals surface area contributed by atoms with Crippen LogP contribution in [0, 0.1) is 19.8 Å². The van der Waals surface area contributed by atoms with Gasteiger partial charge in [-0.1, -0.05) is 40.0 Å². The maximum atomic E-state index is 7.94. The average molecular weight is 288 g/mol. The second-order valence-corrected chi connectivity index (χ2v) is 2.91. The van der Waals surface area contributed by atoms with Crippen molar-refractivity contribution in [1.29, 1.82) is 0 Å². The topological polar surface area (TPSA) is 92.2 Å². The van der Waals surface area contributed by atoms with E-state index in [-0.39, 0.29) is 24.0 Å². The molecule has 5 heteroatoms. The smallest absolute Gasteiger partial charge is 0 e. The minimum Gasteiger partial charge on any atom is -0.566 e. The van der Waals surface area contributed by atoms with Crippen molar-refractivity contribution in [2.75, 3.05) is 0 Å². The maximum absolute atomic E-state index is 7.94. The molecule has 0 atom stereocenters. The van der Waals surface area contributed by atoms with E-state index in [1.807, 2.05) is 20.8 Å². The van der Waals surface area contributed by atoms with Crippen LogP contribution in [0.3, 0.4) is 0 Å². The standard InChI is InChI=1S/3C4H9O.H2O.V/c3*1-2-3-4-5;;/h3*4-5H,2-3H2,1H3;1H2;/q3*-1;;. The number of hydrogen-bond acceptors (Lipinski definition) is 3. The number of hydrogen-bond donors (Lipinski definition) is 3. The zero-order chi connectivity index (χ0) is 12.4. The summed E-state index contributed by atoms with van der Waals surface area (Å²) in [5.74, 6) is 0. The zero-order valence-electron chi connectivity index (χ0n) is 11.3. The first kappa shape index (κ1) is 30.4. The predicted octanol–water partition coefficient (Wildman–Crippen LogP) is 3.14. The minimum atomic E-state index is 0. The molecule has 0 aliphatic carbocycles. The van der Waals surface area contributed by atoms with Gasteiger partial charge in [0.2, 0.25) is 0 Å². The van der Waals surface area contributed by atoms with Crippen molar-refractivity contribution in [1.82, 2.24) is 0 Å². The molecule has 0 aromatic rings. The Balaban J connectivity index is -0.0000000400. The third kappa shape index (κ3) is 82.8. The van der Waals surface area contributed by atoms with Crippen LogP contribution in [0.2, 0.25) is 0 Å². The van der Waals surface area contributed by atoms with E-state index in [0.29, 0.717) is 0 Å². The van der Waals surface area contributed by atoms with Gasteiger partial charge >= 0.3 is 0 Å². The first-order valence-corrected chi connectivity index (χ1v) is 5.62. The molecule has 0 saturated heterocycles. The third-order valence-corrected chi connectivity index (χ3v) is 1.25. The first-order valence-electron chi connectivity index (χ1n) is 5.62. The molecule has 0 unspecified atom stereocenters. The van der Waals surface area contributed by atoms with Gasteiger partial charge in [0.05, 0.1) is 0 Å². The second kappa shape index (κ2) is 44.0. The summed E-state index contributed by atoms with van der Waals surface area (Å²) in [6.07, 6.45) is 5.57.